The number of fused-ring (bicyclic) bond motifs is 1. The van der Waals surface area contributed by atoms with Crippen LogP contribution in [0, 0.1) is 51.8 Å². The summed E-state index contributed by atoms with van der Waals surface area (Å²) in [5.41, 5.74) is 0.400. The van der Waals surface area contributed by atoms with Gasteiger partial charge in [-0.05, 0) is 68.1 Å². The van der Waals surface area contributed by atoms with Crippen LogP contribution < -0.4 is 0 Å². The van der Waals surface area contributed by atoms with Gasteiger partial charge in [-0.1, -0.05) is 38.8 Å². The maximum Gasteiger partial charge on any atom is 0.309 e. The molecule has 6 rings (SSSR count). The Morgan fingerprint density at radius 2 is 1.77 bits per heavy atom. The molecule has 1 N–H and O–H groups in total. The minimum Gasteiger partial charge on any atom is -0.481 e. The van der Waals surface area contributed by atoms with E-state index < -0.39 is 11.4 Å². The lowest BCUT2D eigenvalue weighted by molar-refractivity contribution is -0.200. The Hall–Kier alpha value is -1.45. The number of carboxylic acid groups (broad SMARTS) is 1. The van der Waals surface area contributed by atoms with E-state index in [0.717, 1.165) is 38.5 Å². The van der Waals surface area contributed by atoms with E-state index in [9.17, 15) is 19.5 Å². The standard InChI is InChI=1S/C26H36O4/c1-14(2)16-13-26-11-8-19-24(3,9-5-10-25(19,4)23(29)30)20(26)12-15(16)21-17(27)6-7-18(28)22(21)26/h13-15,19-22H,5-12H2,1-4H3,(H,29,30). The molecule has 0 aromatic rings. The highest BCUT2D eigenvalue weighted by Gasteiger charge is 2.70. The fourth-order valence-electron chi connectivity index (χ4n) is 9.34. The second-order valence-electron chi connectivity index (χ2n) is 11.9. The molecular weight excluding hydrogens is 376 g/mol. The molecule has 6 aliphatic carbocycles. The van der Waals surface area contributed by atoms with Gasteiger partial charge in [-0.3, -0.25) is 14.4 Å². The van der Waals surface area contributed by atoms with Crippen molar-refractivity contribution in [3.05, 3.63) is 11.6 Å². The van der Waals surface area contributed by atoms with Crippen LogP contribution in [0.25, 0.3) is 0 Å². The van der Waals surface area contributed by atoms with Crippen molar-refractivity contribution in [1.82, 2.24) is 0 Å². The molecule has 8 unspecified atom stereocenters. The number of hydrogen-bond acceptors (Lipinski definition) is 3. The number of aliphatic carboxylic acids is 1. The molecule has 0 aromatic carbocycles. The number of allylic oxidation sites excluding steroid dienone is 2. The molecule has 4 saturated carbocycles. The molecule has 6 aliphatic rings. The van der Waals surface area contributed by atoms with Crippen molar-refractivity contribution in [2.75, 3.05) is 0 Å². The molecule has 0 aromatic heterocycles. The minimum atomic E-state index is -0.679. The number of carbonyl (C=O) groups is 3. The van der Waals surface area contributed by atoms with Gasteiger partial charge in [0.05, 0.1) is 5.41 Å². The van der Waals surface area contributed by atoms with E-state index in [0.29, 0.717) is 36.2 Å². The monoisotopic (exact) mass is 412 g/mol. The van der Waals surface area contributed by atoms with Crippen LogP contribution in [0.5, 0.6) is 0 Å². The van der Waals surface area contributed by atoms with Crippen LogP contribution in [0.15, 0.2) is 11.6 Å². The smallest absolute Gasteiger partial charge is 0.309 e. The summed E-state index contributed by atoms with van der Waals surface area (Å²) in [6, 6.07) is 0. The first-order chi connectivity index (χ1) is 14.1. The second kappa shape index (κ2) is 6.29. The molecule has 0 amide bonds. The van der Waals surface area contributed by atoms with Crippen molar-refractivity contribution in [3.8, 4) is 0 Å². The largest absolute Gasteiger partial charge is 0.481 e. The van der Waals surface area contributed by atoms with Gasteiger partial charge in [0.2, 0.25) is 0 Å². The first-order valence-electron chi connectivity index (χ1n) is 12.1. The zero-order chi connectivity index (χ0) is 21.6. The molecule has 2 bridgehead atoms. The molecule has 0 radical (unpaired) electrons. The van der Waals surface area contributed by atoms with Gasteiger partial charge >= 0.3 is 5.97 Å². The molecule has 0 aliphatic heterocycles. The van der Waals surface area contributed by atoms with E-state index in [2.05, 4.69) is 26.8 Å². The van der Waals surface area contributed by atoms with Crippen LogP contribution in [0.1, 0.15) is 79.1 Å². The van der Waals surface area contributed by atoms with Crippen LogP contribution >= 0.6 is 0 Å². The lowest BCUT2D eigenvalue weighted by Crippen LogP contribution is -2.67. The molecule has 0 saturated heterocycles. The van der Waals surface area contributed by atoms with Crippen molar-refractivity contribution in [2.24, 2.45) is 51.8 Å². The van der Waals surface area contributed by atoms with E-state index in [1.165, 1.54) is 5.57 Å². The molecule has 4 heteroatoms. The molecular formula is C26H36O4. The number of hydrogen-bond donors (Lipinski definition) is 1. The highest BCUT2D eigenvalue weighted by Crippen LogP contribution is 2.74. The van der Waals surface area contributed by atoms with E-state index >= 15 is 0 Å². The fraction of sp³-hybridized carbons (Fsp3) is 0.808. The predicted molar refractivity (Wildman–Crippen MR) is 114 cm³/mol. The SMILES string of the molecule is CC(C)C1=CC23CCC4C(C)(C(=O)O)CCCC4(C)C2CC1C1C(=O)CCC(=O)C13. The first-order valence-corrected chi connectivity index (χ1v) is 12.1. The van der Waals surface area contributed by atoms with Gasteiger partial charge in [0.25, 0.3) is 0 Å². The number of Topliss-reactive ketones (excluding diaryl/α,β-unsaturated/α-hetero) is 2. The summed E-state index contributed by atoms with van der Waals surface area (Å²) in [6.45, 7) is 8.73. The van der Waals surface area contributed by atoms with Gasteiger partial charge in [0.15, 0.2) is 0 Å². The van der Waals surface area contributed by atoms with E-state index in [-0.39, 0.29) is 34.5 Å². The quantitative estimate of drug-likeness (QED) is 0.644. The topological polar surface area (TPSA) is 71.4 Å². The summed E-state index contributed by atoms with van der Waals surface area (Å²) in [7, 11) is 0. The third-order valence-corrected chi connectivity index (χ3v) is 10.5. The van der Waals surface area contributed by atoms with Crippen LogP contribution in [0.4, 0.5) is 0 Å². The van der Waals surface area contributed by atoms with Crippen molar-refractivity contribution < 1.29 is 19.5 Å². The van der Waals surface area contributed by atoms with Crippen molar-refractivity contribution in [3.63, 3.8) is 0 Å². The maximum atomic E-state index is 13.3. The Bertz CT molecular complexity index is 855. The second-order valence-corrected chi connectivity index (χ2v) is 11.9. The highest BCUT2D eigenvalue weighted by atomic mass is 16.4. The molecule has 1 spiro atoms. The van der Waals surface area contributed by atoms with Crippen LogP contribution in [0.2, 0.25) is 0 Å². The number of carboxylic acids is 1. The molecule has 4 fully saturated rings. The fourth-order valence-corrected chi connectivity index (χ4v) is 9.34. The molecule has 8 atom stereocenters. The van der Waals surface area contributed by atoms with Gasteiger partial charge in [-0.15, -0.1) is 0 Å². The van der Waals surface area contributed by atoms with Crippen molar-refractivity contribution >= 4 is 17.5 Å². The van der Waals surface area contributed by atoms with Gasteiger partial charge in [-0.2, -0.15) is 0 Å². The zero-order valence-electron chi connectivity index (χ0n) is 18.9. The summed E-state index contributed by atoms with van der Waals surface area (Å²) in [5.74, 6) is 0.677. The summed E-state index contributed by atoms with van der Waals surface area (Å²) in [4.78, 5) is 38.8. The number of rotatable bonds is 2. The highest BCUT2D eigenvalue weighted by molar-refractivity contribution is 5.98. The van der Waals surface area contributed by atoms with Crippen LogP contribution in [0.3, 0.4) is 0 Å². The predicted octanol–water partition coefficient (Wildman–Crippen LogP) is 5.06. The first kappa shape index (κ1) is 20.5. The van der Waals surface area contributed by atoms with Gasteiger partial charge in [-0.25, -0.2) is 0 Å². The number of ketones is 2. The average Bonchev–Trinajstić information content (AvgIpc) is 2.69. The van der Waals surface area contributed by atoms with Crippen molar-refractivity contribution in [1.29, 1.82) is 0 Å². The summed E-state index contributed by atoms with van der Waals surface area (Å²) in [6.07, 6.45) is 8.70. The Morgan fingerprint density at radius 1 is 1.07 bits per heavy atom. The van der Waals surface area contributed by atoms with Gasteiger partial charge < -0.3 is 5.11 Å². The summed E-state index contributed by atoms with van der Waals surface area (Å²) < 4.78 is 0. The Balaban J connectivity index is 1.67. The average molecular weight is 413 g/mol. The van der Waals surface area contributed by atoms with E-state index in [1.54, 1.807) is 0 Å². The van der Waals surface area contributed by atoms with Gasteiger partial charge in [0, 0.05) is 30.1 Å². The van der Waals surface area contributed by atoms with Crippen molar-refractivity contribution in [2.45, 2.75) is 79.1 Å². The van der Waals surface area contributed by atoms with E-state index in [1.807, 2.05) is 6.92 Å². The normalized spacial score (nSPS) is 49.9. The molecule has 4 nitrogen and oxygen atoms in total. The maximum absolute atomic E-state index is 13.3. The Kier molecular flexibility index (Phi) is 4.29. The summed E-state index contributed by atoms with van der Waals surface area (Å²) >= 11 is 0. The van der Waals surface area contributed by atoms with E-state index in [4.69, 9.17) is 0 Å². The lowest BCUT2D eigenvalue weighted by Gasteiger charge is -2.70. The van der Waals surface area contributed by atoms with Crippen LogP contribution in [-0.2, 0) is 14.4 Å². The third-order valence-electron chi connectivity index (χ3n) is 10.5. The lowest BCUT2D eigenvalue weighted by atomic mass is 9.33. The molecule has 30 heavy (non-hydrogen) atoms. The third kappa shape index (κ3) is 2.31. The Labute approximate surface area is 179 Å². The summed E-state index contributed by atoms with van der Waals surface area (Å²) in [5, 5.41) is 10.1. The molecule has 164 valence electrons. The van der Waals surface area contributed by atoms with Gasteiger partial charge in [0.1, 0.15) is 11.6 Å². The van der Waals surface area contributed by atoms with Crippen LogP contribution in [-0.4, -0.2) is 22.6 Å². The molecule has 0 heterocycles. The minimum absolute atomic E-state index is 0.0767. The number of carbonyl (C=O) groups excluding carboxylic acids is 2. The zero-order valence-corrected chi connectivity index (χ0v) is 18.9. The Morgan fingerprint density at radius 3 is 2.43 bits per heavy atom.